The van der Waals surface area contributed by atoms with Crippen molar-refractivity contribution in [1.82, 2.24) is 4.98 Å². The summed E-state index contributed by atoms with van der Waals surface area (Å²) in [4.78, 5) is 4.33. The van der Waals surface area contributed by atoms with Gasteiger partial charge in [-0.05, 0) is 35.9 Å². The average Bonchev–Trinajstić information content (AvgIpc) is 3.07. The number of halogens is 3. The standard InChI is InChI=1S/C20H12BrF2NO2/c21-14-6-7-17-16(10-14)24-20(26-17)13-8-15(22)19(23)18(9-13)25-11-12-4-2-1-3-5-12/h1-10H,11H2. The number of nitrogens with zero attached hydrogens (tertiary/aromatic N) is 1. The Bertz CT molecular complexity index is 1080. The lowest BCUT2D eigenvalue weighted by Gasteiger charge is -2.09. The molecule has 4 aromatic rings. The molecule has 26 heavy (non-hydrogen) atoms. The quantitative estimate of drug-likeness (QED) is 0.403. The van der Waals surface area contributed by atoms with Gasteiger partial charge < -0.3 is 9.15 Å². The molecular weight excluding hydrogens is 404 g/mol. The van der Waals surface area contributed by atoms with E-state index in [0.29, 0.717) is 16.7 Å². The molecule has 0 atom stereocenters. The van der Waals surface area contributed by atoms with Gasteiger partial charge in [0.25, 0.3) is 0 Å². The Labute approximate surface area is 156 Å². The van der Waals surface area contributed by atoms with E-state index >= 15 is 0 Å². The summed E-state index contributed by atoms with van der Waals surface area (Å²) in [5.74, 6) is -2.05. The minimum absolute atomic E-state index is 0.126. The number of benzene rings is 3. The van der Waals surface area contributed by atoms with Crippen LogP contribution in [0.2, 0.25) is 0 Å². The van der Waals surface area contributed by atoms with Gasteiger partial charge >= 0.3 is 0 Å². The molecular formula is C20H12BrF2NO2. The highest BCUT2D eigenvalue weighted by molar-refractivity contribution is 9.10. The van der Waals surface area contributed by atoms with E-state index in [1.165, 1.54) is 6.07 Å². The molecule has 0 fully saturated rings. The lowest BCUT2D eigenvalue weighted by Crippen LogP contribution is -1.99. The van der Waals surface area contributed by atoms with Gasteiger partial charge in [0.15, 0.2) is 17.1 Å². The number of hydrogen-bond donors (Lipinski definition) is 0. The summed E-state index contributed by atoms with van der Waals surface area (Å²) in [7, 11) is 0. The number of ether oxygens (including phenoxy) is 1. The highest BCUT2D eigenvalue weighted by Crippen LogP contribution is 2.31. The summed E-state index contributed by atoms with van der Waals surface area (Å²) >= 11 is 3.36. The van der Waals surface area contributed by atoms with E-state index < -0.39 is 11.6 Å². The second kappa shape index (κ2) is 6.88. The summed E-state index contributed by atoms with van der Waals surface area (Å²) < 4.78 is 40.1. The van der Waals surface area contributed by atoms with Crippen LogP contribution in [-0.2, 0) is 6.61 Å². The van der Waals surface area contributed by atoms with E-state index in [0.717, 1.165) is 16.1 Å². The zero-order chi connectivity index (χ0) is 18.1. The summed E-state index contributed by atoms with van der Waals surface area (Å²) in [6.07, 6.45) is 0. The molecule has 3 nitrogen and oxygen atoms in total. The first kappa shape index (κ1) is 16.7. The number of oxazole rings is 1. The van der Waals surface area contributed by atoms with Gasteiger partial charge in [-0.15, -0.1) is 0 Å². The minimum Gasteiger partial charge on any atom is -0.486 e. The van der Waals surface area contributed by atoms with Crippen molar-refractivity contribution in [3.63, 3.8) is 0 Å². The third-order valence-corrected chi connectivity index (χ3v) is 4.32. The Morgan fingerprint density at radius 2 is 1.81 bits per heavy atom. The largest absolute Gasteiger partial charge is 0.486 e. The molecule has 1 aromatic heterocycles. The molecule has 4 rings (SSSR count). The summed E-state index contributed by atoms with van der Waals surface area (Å²) in [5, 5.41) is 0. The normalized spacial score (nSPS) is 11.0. The van der Waals surface area contributed by atoms with Gasteiger partial charge in [-0.1, -0.05) is 46.3 Å². The van der Waals surface area contributed by atoms with Crippen LogP contribution in [0, 0.1) is 11.6 Å². The molecule has 0 spiro atoms. The Hall–Kier alpha value is -2.73. The molecule has 0 saturated heterocycles. The topological polar surface area (TPSA) is 35.3 Å². The molecule has 3 aromatic carbocycles. The van der Waals surface area contributed by atoms with Crippen LogP contribution in [0.4, 0.5) is 8.78 Å². The molecule has 0 bridgehead atoms. The fourth-order valence-corrected chi connectivity index (χ4v) is 2.90. The first-order valence-corrected chi connectivity index (χ1v) is 8.62. The maximum atomic E-state index is 14.1. The molecule has 0 aliphatic carbocycles. The van der Waals surface area contributed by atoms with Gasteiger partial charge in [0.2, 0.25) is 11.7 Å². The number of fused-ring (bicyclic) bond motifs is 1. The van der Waals surface area contributed by atoms with Crippen LogP contribution < -0.4 is 4.74 Å². The average molecular weight is 416 g/mol. The third kappa shape index (κ3) is 3.32. The van der Waals surface area contributed by atoms with Crippen LogP contribution in [0.5, 0.6) is 5.75 Å². The van der Waals surface area contributed by atoms with Gasteiger partial charge in [-0.3, -0.25) is 0 Å². The molecule has 0 N–H and O–H groups in total. The summed E-state index contributed by atoms with van der Waals surface area (Å²) in [6, 6.07) is 17.1. The fraction of sp³-hybridized carbons (Fsp3) is 0.0500. The van der Waals surface area contributed by atoms with Crippen molar-refractivity contribution >= 4 is 27.0 Å². The van der Waals surface area contributed by atoms with E-state index in [1.807, 2.05) is 36.4 Å². The van der Waals surface area contributed by atoms with Crippen LogP contribution in [0.3, 0.4) is 0 Å². The van der Waals surface area contributed by atoms with Crippen molar-refractivity contribution < 1.29 is 17.9 Å². The fourth-order valence-electron chi connectivity index (χ4n) is 2.55. The van der Waals surface area contributed by atoms with Gasteiger partial charge in [0, 0.05) is 10.0 Å². The number of hydrogen-bond acceptors (Lipinski definition) is 3. The Morgan fingerprint density at radius 3 is 2.62 bits per heavy atom. The highest BCUT2D eigenvalue weighted by atomic mass is 79.9. The summed E-state index contributed by atoms with van der Waals surface area (Å²) in [5.41, 5.74) is 2.33. The Kier molecular flexibility index (Phi) is 4.42. The van der Waals surface area contributed by atoms with Crippen molar-refractivity contribution in [3.05, 3.63) is 82.3 Å². The van der Waals surface area contributed by atoms with E-state index in [1.54, 1.807) is 12.1 Å². The second-order valence-electron chi connectivity index (χ2n) is 5.68. The predicted octanol–water partition coefficient (Wildman–Crippen LogP) is 6.11. The van der Waals surface area contributed by atoms with Crippen LogP contribution in [-0.4, -0.2) is 4.98 Å². The Balaban J connectivity index is 1.69. The van der Waals surface area contributed by atoms with Crippen molar-refractivity contribution in [3.8, 4) is 17.2 Å². The molecule has 0 saturated carbocycles. The first-order valence-electron chi connectivity index (χ1n) is 7.82. The van der Waals surface area contributed by atoms with E-state index in [2.05, 4.69) is 20.9 Å². The highest BCUT2D eigenvalue weighted by Gasteiger charge is 2.17. The van der Waals surface area contributed by atoms with Gasteiger partial charge in [0.05, 0.1) is 0 Å². The lowest BCUT2D eigenvalue weighted by atomic mass is 10.2. The van der Waals surface area contributed by atoms with Gasteiger partial charge in [-0.2, -0.15) is 4.39 Å². The minimum atomic E-state index is -1.04. The molecule has 0 amide bonds. The molecule has 6 heteroatoms. The molecule has 1 heterocycles. The van der Waals surface area contributed by atoms with Crippen molar-refractivity contribution in [1.29, 1.82) is 0 Å². The number of aromatic nitrogens is 1. The lowest BCUT2D eigenvalue weighted by molar-refractivity contribution is 0.284. The van der Waals surface area contributed by atoms with Crippen LogP contribution in [0.15, 0.2) is 69.6 Å². The van der Waals surface area contributed by atoms with Gasteiger partial charge in [0.1, 0.15) is 12.1 Å². The Morgan fingerprint density at radius 1 is 1.00 bits per heavy atom. The smallest absolute Gasteiger partial charge is 0.227 e. The molecule has 130 valence electrons. The van der Waals surface area contributed by atoms with Crippen molar-refractivity contribution in [2.45, 2.75) is 6.61 Å². The second-order valence-corrected chi connectivity index (χ2v) is 6.59. The van der Waals surface area contributed by atoms with Crippen molar-refractivity contribution in [2.24, 2.45) is 0 Å². The maximum absolute atomic E-state index is 14.1. The van der Waals surface area contributed by atoms with Gasteiger partial charge in [-0.25, -0.2) is 9.37 Å². The summed E-state index contributed by atoms with van der Waals surface area (Å²) in [6.45, 7) is 0.126. The molecule has 0 aliphatic rings. The zero-order valence-corrected chi connectivity index (χ0v) is 15.0. The van der Waals surface area contributed by atoms with Crippen LogP contribution >= 0.6 is 15.9 Å². The number of rotatable bonds is 4. The van der Waals surface area contributed by atoms with Crippen molar-refractivity contribution in [2.75, 3.05) is 0 Å². The molecule has 0 aliphatic heterocycles. The molecule has 0 unspecified atom stereocenters. The third-order valence-electron chi connectivity index (χ3n) is 3.83. The van der Waals surface area contributed by atoms with E-state index in [-0.39, 0.29) is 18.2 Å². The maximum Gasteiger partial charge on any atom is 0.227 e. The molecule has 0 radical (unpaired) electrons. The predicted molar refractivity (Wildman–Crippen MR) is 97.8 cm³/mol. The zero-order valence-electron chi connectivity index (χ0n) is 13.4. The SMILES string of the molecule is Fc1cc(-c2nc3cc(Br)ccc3o2)cc(OCc2ccccc2)c1F. The first-order chi connectivity index (χ1) is 12.6. The van der Waals surface area contributed by atoms with Crippen LogP contribution in [0.1, 0.15) is 5.56 Å². The van der Waals surface area contributed by atoms with E-state index in [4.69, 9.17) is 9.15 Å². The van der Waals surface area contributed by atoms with Crippen LogP contribution in [0.25, 0.3) is 22.6 Å². The van der Waals surface area contributed by atoms with E-state index in [9.17, 15) is 8.78 Å². The monoisotopic (exact) mass is 415 g/mol.